The molecular formula is C20H24N2O7S. The van der Waals surface area contributed by atoms with Gasteiger partial charge in [0.1, 0.15) is 30.8 Å². The van der Waals surface area contributed by atoms with Crippen LogP contribution >= 0.6 is 0 Å². The number of ether oxygens (including phenoxy) is 4. The SMILES string of the molecule is COc1ccc(OC)c(NC(=O)[C@@H](C)N(c2ccc3c(c2)OCCO3)S(C)(=O)=O)c1. The van der Waals surface area contributed by atoms with Crippen molar-refractivity contribution < 1.29 is 32.2 Å². The van der Waals surface area contributed by atoms with Crippen LogP contribution < -0.4 is 28.6 Å². The van der Waals surface area contributed by atoms with E-state index in [9.17, 15) is 13.2 Å². The van der Waals surface area contributed by atoms with E-state index in [4.69, 9.17) is 18.9 Å². The van der Waals surface area contributed by atoms with Crippen molar-refractivity contribution in [3.8, 4) is 23.0 Å². The van der Waals surface area contributed by atoms with E-state index in [2.05, 4.69) is 5.32 Å². The number of fused-ring (bicyclic) bond motifs is 1. The Morgan fingerprint density at radius 1 is 1.07 bits per heavy atom. The molecule has 162 valence electrons. The summed E-state index contributed by atoms with van der Waals surface area (Å²) in [6.45, 7) is 2.28. The fraction of sp³-hybridized carbons (Fsp3) is 0.350. The minimum atomic E-state index is -3.79. The number of methoxy groups -OCH3 is 2. The Kier molecular flexibility index (Phi) is 6.25. The van der Waals surface area contributed by atoms with E-state index in [0.29, 0.717) is 47.6 Å². The molecule has 0 radical (unpaired) electrons. The lowest BCUT2D eigenvalue weighted by Gasteiger charge is -2.29. The van der Waals surface area contributed by atoms with Gasteiger partial charge in [0.2, 0.25) is 15.9 Å². The van der Waals surface area contributed by atoms with E-state index in [1.54, 1.807) is 36.4 Å². The zero-order chi connectivity index (χ0) is 21.9. The van der Waals surface area contributed by atoms with Crippen LogP contribution in [0.4, 0.5) is 11.4 Å². The van der Waals surface area contributed by atoms with Crippen LogP contribution in [0, 0.1) is 0 Å². The average Bonchev–Trinajstić information content (AvgIpc) is 2.72. The first-order valence-corrected chi connectivity index (χ1v) is 11.0. The highest BCUT2D eigenvalue weighted by Gasteiger charge is 2.30. The molecule has 0 spiro atoms. The first kappa shape index (κ1) is 21.6. The zero-order valence-corrected chi connectivity index (χ0v) is 18.0. The summed E-state index contributed by atoms with van der Waals surface area (Å²) in [5.41, 5.74) is 0.659. The molecule has 0 aliphatic carbocycles. The molecule has 1 atom stereocenters. The number of nitrogens with zero attached hydrogens (tertiary/aromatic N) is 1. The molecular weight excluding hydrogens is 412 g/mol. The van der Waals surface area contributed by atoms with Crippen LogP contribution in [0.1, 0.15) is 6.92 Å². The molecule has 0 bridgehead atoms. The molecule has 10 heteroatoms. The number of hydrogen-bond acceptors (Lipinski definition) is 7. The molecule has 0 unspecified atom stereocenters. The lowest BCUT2D eigenvalue weighted by Crippen LogP contribution is -2.45. The third-order valence-corrected chi connectivity index (χ3v) is 5.77. The third-order valence-electron chi connectivity index (χ3n) is 4.53. The Labute approximate surface area is 175 Å². The summed E-state index contributed by atoms with van der Waals surface area (Å²) in [5, 5.41) is 2.71. The lowest BCUT2D eigenvalue weighted by molar-refractivity contribution is -0.116. The second kappa shape index (κ2) is 8.70. The molecule has 1 heterocycles. The fourth-order valence-corrected chi connectivity index (χ4v) is 4.29. The van der Waals surface area contributed by atoms with E-state index in [-0.39, 0.29) is 0 Å². The molecule has 1 N–H and O–H groups in total. The molecule has 30 heavy (non-hydrogen) atoms. The average molecular weight is 436 g/mol. The van der Waals surface area contributed by atoms with E-state index >= 15 is 0 Å². The van der Waals surface area contributed by atoms with Crippen LogP contribution in [-0.4, -0.2) is 54.1 Å². The van der Waals surface area contributed by atoms with Gasteiger partial charge in [0, 0.05) is 12.1 Å². The maximum absolute atomic E-state index is 13.0. The fourth-order valence-electron chi connectivity index (χ4n) is 3.13. The van der Waals surface area contributed by atoms with Gasteiger partial charge in [-0.1, -0.05) is 0 Å². The molecule has 0 aromatic heterocycles. The normalized spacial score (nSPS) is 13.9. The number of hydrogen-bond donors (Lipinski definition) is 1. The quantitative estimate of drug-likeness (QED) is 0.710. The van der Waals surface area contributed by atoms with Gasteiger partial charge >= 0.3 is 0 Å². The van der Waals surface area contributed by atoms with Crippen molar-refractivity contribution >= 4 is 27.3 Å². The molecule has 1 aliphatic heterocycles. The number of rotatable bonds is 7. The Bertz CT molecular complexity index is 1040. The van der Waals surface area contributed by atoms with Crippen LogP contribution in [0.2, 0.25) is 0 Å². The summed E-state index contributed by atoms with van der Waals surface area (Å²) in [5.74, 6) is 1.35. The van der Waals surface area contributed by atoms with Crippen molar-refractivity contribution in [3.05, 3.63) is 36.4 Å². The smallest absolute Gasteiger partial charge is 0.248 e. The van der Waals surface area contributed by atoms with Gasteiger partial charge in [0.25, 0.3) is 0 Å². The predicted octanol–water partition coefficient (Wildman–Crippen LogP) is 2.27. The first-order chi connectivity index (χ1) is 14.2. The molecule has 9 nitrogen and oxygen atoms in total. The summed E-state index contributed by atoms with van der Waals surface area (Å²) in [7, 11) is -0.815. The van der Waals surface area contributed by atoms with E-state index in [1.807, 2.05) is 0 Å². The Morgan fingerprint density at radius 2 is 1.77 bits per heavy atom. The van der Waals surface area contributed by atoms with Crippen LogP contribution in [0.5, 0.6) is 23.0 Å². The van der Waals surface area contributed by atoms with Crippen molar-refractivity contribution in [1.82, 2.24) is 0 Å². The van der Waals surface area contributed by atoms with Crippen LogP contribution in [0.15, 0.2) is 36.4 Å². The lowest BCUT2D eigenvalue weighted by atomic mass is 10.2. The summed E-state index contributed by atoms with van der Waals surface area (Å²) < 4.78 is 47.6. The second-order valence-corrected chi connectivity index (χ2v) is 8.48. The number of anilines is 2. The monoisotopic (exact) mass is 436 g/mol. The van der Waals surface area contributed by atoms with E-state index in [0.717, 1.165) is 10.6 Å². The Morgan fingerprint density at radius 3 is 2.40 bits per heavy atom. The Hall–Kier alpha value is -3.14. The van der Waals surface area contributed by atoms with Crippen LogP contribution in [-0.2, 0) is 14.8 Å². The maximum atomic E-state index is 13.0. The van der Waals surface area contributed by atoms with Gasteiger partial charge in [0.05, 0.1) is 31.9 Å². The molecule has 2 aromatic rings. The molecule has 0 fully saturated rings. The van der Waals surface area contributed by atoms with Gasteiger partial charge in [-0.25, -0.2) is 8.42 Å². The summed E-state index contributed by atoms with van der Waals surface area (Å²) in [4.78, 5) is 13.0. The Balaban J connectivity index is 1.91. The summed E-state index contributed by atoms with van der Waals surface area (Å²) >= 11 is 0. The summed E-state index contributed by atoms with van der Waals surface area (Å²) in [6, 6.07) is 8.62. The highest BCUT2D eigenvalue weighted by Crippen LogP contribution is 2.36. The second-order valence-electron chi connectivity index (χ2n) is 6.62. The third kappa shape index (κ3) is 4.54. The molecule has 2 aromatic carbocycles. The van der Waals surface area contributed by atoms with Gasteiger partial charge in [-0.05, 0) is 31.2 Å². The number of carbonyl (C=O) groups is 1. The van der Waals surface area contributed by atoms with Crippen LogP contribution in [0.25, 0.3) is 0 Å². The van der Waals surface area contributed by atoms with Gasteiger partial charge in [0.15, 0.2) is 11.5 Å². The van der Waals surface area contributed by atoms with Gasteiger partial charge in [-0.15, -0.1) is 0 Å². The highest BCUT2D eigenvalue weighted by molar-refractivity contribution is 7.92. The van der Waals surface area contributed by atoms with Crippen molar-refractivity contribution in [2.45, 2.75) is 13.0 Å². The number of amides is 1. The summed E-state index contributed by atoms with van der Waals surface area (Å²) in [6.07, 6.45) is 1.04. The zero-order valence-electron chi connectivity index (χ0n) is 17.2. The van der Waals surface area contributed by atoms with E-state index in [1.165, 1.54) is 21.1 Å². The van der Waals surface area contributed by atoms with Crippen LogP contribution in [0.3, 0.4) is 0 Å². The van der Waals surface area contributed by atoms with Crippen molar-refractivity contribution in [2.24, 2.45) is 0 Å². The predicted molar refractivity (Wildman–Crippen MR) is 112 cm³/mol. The standard InChI is InChI=1S/C20H24N2O7S/c1-13(20(23)21-16-12-15(26-2)6-8-17(16)27-3)22(30(4,24)25)14-5-7-18-19(11-14)29-10-9-28-18/h5-8,11-13H,9-10H2,1-4H3,(H,21,23)/t13-/m1/s1. The minimum absolute atomic E-state index is 0.294. The van der Waals surface area contributed by atoms with Gasteiger partial charge < -0.3 is 24.3 Å². The topological polar surface area (TPSA) is 103 Å². The van der Waals surface area contributed by atoms with Crippen molar-refractivity contribution in [2.75, 3.05) is 43.3 Å². The van der Waals surface area contributed by atoms with Gasteiger partial charge in [-0.3, -0.25) is 9.10 Å². The molecule has 1 amide bonds. The van der Waals surface area contributed by atoms with Crippen molar-refractivity contribution in [1.29, 1.82) is 0 Å². The molecule has 0 saturated heterocycles. The number of nitrogens with one attached hydrogen (secondary N) is 1. The van der Waals surface area contributed by atoms with Crippen molar-refractivity contribution in [3.63, 3.8) is 0 Å². The molecule has 1 aliphatic rings. The number of carbonyl (C=O) groups excluding carboxylic acids is 1. The molecule has 0 saturated carbocycles. The number of sulfonamides is 1. The maximum Gasteiger partial charge on any atom is 0.248 e. The highest BCUT2D eigenvalue weighted by atomic mass is 32.2. The largest absolute Gasteiger partial charge is 0.497 e. The molecule has 3 rings (SSSR count). The van der Waals surface area contributed by atoms with E-state index < -0.39 is 22.0 Å². The van der Waals surface area contributed by atoms with Gasteiger partial charge in [-0.2, -0.15) is 0 Å². The number of benzene rings is 2. The first-order valence-electron chi connectivity index (χ1n) is 9.16. The minimum Gasteiger partial charge on any atom is -0.497 e.